The third-order valence-corrected chi connectivity index (χ3v) is 13.2. The van der Waals surface area contributed by atoms with Crippen molar-refractivity contribution in [2.45, 2.75) is 309 Å². The van der Waals surface area contributed by atoms with Gasteiger partial charge in [0.2, 0.25) is 0 Å². The van der Waals surface area contributed by atoms with Crippen LogP contribution in [0.3, 0.4) is 0 Å². The van der Waals surface area contributed by atoms with E-state index in [0.717, 1.165) is 83.5 Å². The second-order valence-electron chi connectivity index (χ2n) is 20.2. The van der Waals surface area contributed by atoms with Gasteiger partial charge in [0.1, 0.15) is 13.2 Å². The third kappa shape index (κ3) is 57.6. The van der Waals surface area contributed by atoms with E-state index < -0.39 is 6.10 Å². The average molecular weight is 992 g/mol. The second-order valence-corrected chi connectivity index (χ2v) is 20.2. The summed E-state index contributed by atoms with van der Waals surface area (Å²) >= 11 is 0. The number of carbonyl (C=O) groups is 3. The zero-order chi connectivity index (χ0) is 51.4. The summed E-state index contributed by atoms with van der Waals surface area (Å²) < 4.78 is 16.8. The number of unbranched alkanes of at least 4 members (excludes halogenated alkanes) is 32. The molecule has 0 aliphatic rings. The molecule has 0 radical (unpaired) electrons. The molecule has 0 fully saturated rings. The third-order valence-electron chi connectivity index (χ3n) is 13.2. The topological polar surface area (TPSA) is 78.9 Å². The van der Waals surface area contributed by atoms with Gasteiger partial charge in [0, 0.05) is 19.3 Å². The molecule has 0 saturated heterocycles. The van der Waals surface area contributed by atoms with Crippen LogP contribution in [0.5, 0.6) is 0 Å². The molecule has 0 aromatic rings. The van der Waals surface area contributed by atoms with E-state index in [9.17, 15) is 14.4 Å². The normalized spacial score (nSPS) is 12.5. The lowest BCUT2D eigenvalue weighted by Crippen LogP contribution is -2.30. The maximum atomic E-state index is 12.9. The van der Waals surface area contributed by atoms with E-state index in [1.54, 1.807) is 0 Å². The minimum Gasteiger partial charge on any atom is -0.462 e. The molecule has 0 saturated carbocycles. The molecule has 0 N–H and O–H groups in total. The van der Waals surface area contributed by atoms with E-state index in [1.807, 2.05) is 0 Å². The van der Waals surface area contributed by atoms with Gasteiger partial charge in [0.25, 0.3) is 0 Å². The molecule has 0 aromatic carbocycles. The first-order valence-electron chi connectivity index (χ1n) is 30.4. The number of ether oxygens (including phenoxy) is 3. The highest BCUT2D eigenvalue weighted by Crippen LogP contribution is 2.16. The van der Waals surface area contributed by atoms with Crippen molar-refractivity contribution < 1.29 is 28.6 Å². The summed E-state index contributed by atoms with van der Waals surface area (Å²) in [5, 5.41) is 0. The molecular weight excluding hydrogens is 877 g/mol. The zero-order valence-electron chi connectivity index (χ0n) is 47.0. The molecule has 6 heteroatoms. The van der Waals surface area contributed by atoms with Gasteiger partial charge in [-0.25, -0.2) is 0 Å². The van der Waals surface area contributed by atoms with Crippen molar-refractivity contribution in [1.29, 1.82) is 0 Å². The highest BCUT2D eigenvalue weighted by molar-refractivity contribution is 5.71. The zero-order valence-corrected chi connectivity index (χ0v) is 47.0. The summed E-state index contributed by atoms with van der Waals surface area (Å²) in [5.41, 5.74) is 0. The number of hydrogen-bond donors (Lipinski definition) is 0. The summed E-state index contributed by atoms with van der Waals surface area (Å²) in [6.45, 7) is 6.51. The summed E-state index contributed by atoms with van der Waals surface area (Å²) in [4.78, 5) is 38.2. The fourth-order valence-electron chi connectivity index (χ4n) is 8.65. The Morgan fingerprint density at radius 1 is 0.296 bits per heavy atom. The van der Waals surface area contributed by atoms with Crippen LogP contribution in [0.2, 0.25) is 0 Å². The summed E-state index contributed by atoms with van der Waals surface area (Å²) in [6, 6.07) is 0. The smallest absolute Gasteiger partial charge is 0.306 e. The van der Waals surface area contributed by atoms with Gasteiger partial charge in [-0.3, -0.25) is 14.4 Å². The lowest BCUT2D eigenvalue weighted by Gasteiger charge is -2.18. The van der Waals surface area contributed by atoms with Crippen LogP contribution >= 0.6 is 0 Å². The van der Waals surface area contributed by atoms with Crippen LogP contribution in [0.25, 0.3) is 0 Å². The van der Waals surface area contributed by atoms with E-state index in [-0.39, 0.29) is 37.5 Å². The van der Waals surface area contributed by atoms with Crippen molar-refractivity contribution in [2.75, 3.05) is 13.2 Å². The molecule has 0 aliphatic carbocycles. The average Bonchev–Trinajstić information content (AvgIpc) is 3.37. The Morgan fingerprint density at radius 2 is 0.563 bits per heavy atom. The first-order chi connectivity index (χ1) is 35.0. The Labute approximate surface area is 440 Å². The van der Waals surface area contributed by atoms with Gasteiger partial charge in [-0.1, -0.05) is 273 Å². The van der Waals surface area contributed by atoms with Gasteiger partial charge < -0.3 is 14.2 Å². The minimum absolute atomic E-state index is 0.0979. The van der Waals surface area contributed by atoms with Crippen molar-refractivity contribution in [3.63, 3.8) is 0 Å². The molecule has 0 amide bonds. The molecule has 1 unspecified atom stereocenters. The first kappa shape index (κ1) is 67.8. The predicted octanol–water partition coefficient (Wildman–Crippen LogP) is 20.5. The maximum absolute atomic E-state index is 12.9. The van der Waals surface area contributed by atoms with Crippen LogP contribution in [0.4, 0.5) is 0 Å². The van der Waals surface area contributed by atoms with Crippen molar-refractivity contribution >= 4 is 17.9 Å². The summed E-state index contributed by atoms with van der Waals surface area (Å²) in [5.74, 6) is -0.952. The van der Waals surface area contributed by atoms with Crippen molar-refractivity contribution in [3.8, 4) is 0 Å². The van der Waals surface area contributed by atoms with Gasteiger partial charge in [-0.15, -0.1) is 0 Å². The number of esters is 3. The first-order valence-corrected chi connectivity index (χ1v) is 30.4. The van der Waals surface area contributed by atoms with Gasteiger partial charge in [-0.05, 0) is 83.5 Å². The minimum atomic E-state index is -0.808. The Balaban J connectivity index is 4.42. The lowest BCUT2D eigenvalue weighted by atomic mass is 10.0. The Kier molecular flexibility index (Phi) is 56.8. The molecule has 71 heavy (non-hydrogen) atoms. The molecular formula is C65H114O6. The van der Waals surface area contributed by atoms with Crippen LogP contribution in [0.15, 0.2) is 72.9 Å². The molecule has 0 aliphatic heterocycles. The number of carbonyl (C=O) groups excluding carboxylic acids is 3. The highest BCUT2D eigenvalue weighted by atomic mass is 16.6. The van der Waals surface area contributed by atoms with E-state index in [0.29, 0.717) is 19.3 Å². The highest BCUT2D eigenvalue weighted by Gasteiger charge is 2.19. The van der Waals surface area contributed by atoms with Crippen LogP contribution in [0, 0.1) is 0 Å². The van der Waals surface area contributed by atoms with Gasteiger partial charge >= 0.3 is 17.9 Å². The Hall–Kier alpha value is -3.15. The molecule has 0 rings (SSSR count). The van der Waals surface area contributed by atoms with Crippen LogP contribution in [-0.2, 0) is 28.6 Å². The van der Waals surface area contributed by atoms with Crippen LogP contribution < -0.4 is 0 Å². The molecule has 0 aromatic heterocycles. The number of rotatable bonds is 55. The fourth-order valence-corrected chi connectivity index (χ4v) is 8.65. The fraction of sp³-hybridized carbons (Fsp3) is 0.769. The largest absolute Gasteiger partial charge is 0.462 e. The van der Waals surface area contributed by atoms with E-state index >= 15 is 0 Å². The van der Waals surface area contributed by atoms with Gasteiger partial charge in [0.05, 0.1) is 0 Å². The summed E-state index contributed by atoms with van der Waals surface area (Å²) in [6.07, 6.45) is 76.2. The predicted molar refractivity (Wildman–Crippen MR) is 307 cm³/mol. The SMILES string of the molecule is CC/C=C\C/C=C\C/C=C\C/C=C\C/C=C\CCCC(=O)OC(COC(=O)CCCCCCC/C=C\CCCCCCCCC)COC(=O)CCCCCCCCCCCCCCCCCCCCCC. The summed E-state index contributed by atoms with van der Waals surface area (Å²) in [7, 11) is 0. The maximum Gasteiger partial charge on any atom is 0.306 e. The molecule has 410 valence electrons. The standard InChI is InChI=1S/C65H114O6/c1-4-7-10-13-16-19-22-25-28-31-32-33-35-37-40-43-46-49-52-55-58-64(67)70-61-62(60-69-63(66)57-54-51-48-45-42-39-36-30-27-24-21-18-15-12-9-6-3)71-65(68)59-56-53-50-47-44-41-38-34-29-26-23-20-17-14-11-8-5-2/h8,11,17,20,26,29-30,36,38,41,47,50,62H,4-7,9-10,12-16,18-19,21-25,27-28,31-35,37,39-40,42-46,48-49,51-61H2,1-3H3/b11-8-,20-17-,29-26-,36-30-,41-38-,50-47-. The molecule has 1 atom stereocenters. The number of hydrogen-bond acceptors (Lipinski definition) is 6. The van der Waals surface area contributed by atoms with E-state index in [1.165, 1.54) is 173 Å². The molecule has 0 bridgehead atoms. The van der Waals surface area contributed by atoms with Crippen LogP contribution in [-0.4, -0.2) is 37.2 Å². The van der Waals surface area contributed by atoms with Gasteiger partial charge in [0.15, 0.2) is 6.10 Å². The van der Waals surface area contributed by atoms with Gasteiger partial charge in [-0.2, -0.15) is 0 Å². The monoisotopic (exact) mass is 991 g/mol. The molecule has 0 heterocycles. The molecule has 6 nitrogen and oxygen atoms in total. The second kappa shape index (κ2) is 59.4. The lowest BCUT2D eigenvalue weighted by molar-refractivity contribution is -0.167. The molecule has 0 spiro atoms. The quantitative estimate of drug-likeness (QED) is 0.0261. The van der Waals surface area contributed by atoms with Crippen molar-refractivity contribution in [3.05, 3.63) is 72.9 Å². The van der Waals surface area contributed by atoms with E-state index in [2.05, 4.69) is 93.7 Å². The number of allylic oxidation sites excluding steroid dienone is 12. The Bertz CT molecular complexity index is 1320. The van der Waals surface area contributed by atoms with Crippen molar-refractivity contribution in [2.24, 2.45) is 0 Å². The van der Waals surface area contributed by atoms with Crippen molar-refractivity contribution in [1.82, 2.24) is 0 Å². The Morgan fingerprint density at radius 3 is 0.915 bits per heavy atom. The van der Waals surface area contributed by atoms with E-state index in [4.69, 9.17) is 14.2 Å². The van der Waals surface area contributed by atoms with Crippen LogP contribution in [0.1, 0.15) is 303 Å².